The van der Waals surface area contributed by atoms with Gasteiger partial charge in [-0.15, -0.1) is 11.3 Å². The third kappa shape index (κ3) is 3.34. The quantitative estimate of drug-likeness (QED) is 0.652. The molecule has 0 saturated carbocycles. The zero-order valence-electron chi connectivity index (χ0n) is 11.5. The number of nitrogens with one attached hydrogen (secondary N) is 2. The van der Waals surface area contributed by atoms with E-state index in [-0.39, 0.29) is 17.2 Å². The van der Waals surface area contributed by atoms with E-state index in [0.29, 0.717) is 12.2 Å². The molecule has 0 radical (unpaired) electrons. The van der Waals surface area contributed by atoms with Crippen molar-refractivity contribution in [3.05, 3.63) is 50.0 Å². The molecule has 0 bridgehead atoms. The van der Waals surface area contributed by atoms with Crippen LogP contribution in [0, 0.1) is 17.0 Å². The van der Waals surface area contributed by atoms with Crippen molar-refractivity contribution < 1.29 is 9.72 Å². The molecule has 0 spiro atoms. The van der Waals surface area contributed by atoms with Crippen molar-refractivity contribution >= 4 is 28.6 Å². The number of amides is 1. The predicted molar refractivity (Wildman–Crippen MR) is 80.7 cm³/mol. The van der Waals surface area contributed by atoms with E-state index in [1.807, 2.05) is 6.92 Å². The fourth-order valence-electron chi connectivity index (χ4n) is 1.79. The Morgan fingerprint density at radius 3 is 2.81 bits per heavy atom. The van der Waals surface area contributed by atoms with Crippen LogP contribution in [0.25, 0.3) is 0 Å². The van der Waals surface area contributed by atoms with Gasteiger partial charge < -0.3 is 10.6 Å². The van der Waals surface area contributed by atoms with Crippen molar-refractivity contribution in [3.63, 3.8) is 0 Å². The van der Waals surface area contributed by atoms with Crippen LogP contribution in [-0.2, 0) is 6.54 Å². The van der Waals surface area contributed by atoms with Gasteiger partial charge in [-0.2, -0.15) is 0 Å². The summed E-state index contributed by atoms with van der Waals surface area (Å²) in [6.07, 6.45) is 0. The first kappa shape index (κ1) is 14.9. The standard InChI is InChI=1S/C13H14N4O3S/c1-8-12(21-7-16-8)6-15-10-4-3-9(13(18)14-2)5-11(10)17(19)20/h3-5,7,15H,6H2,1-2H3,(H,14,18). The Bertz CT molecular complexity index is 684. The average Bonchev–Trinajstić information content (AvgIpc) is 2.89. The van der Waals surface area contributed by atoms with Gasteiger partial charge in [0.05, 0.1) is 22.7 Å². The molecular weight excluding hydrogens is 292 g/mol. The highest BCUT2D eigenvalue weighted by Gasteiger charge is 2.17. The Kier molecular flexibility index (Phi) is 4.49. The summed E-state index contributed by atoms with van der Waals surface area (Å²) in [5.74, 6) is -0.358. The molecule has 2 rings (SSSR count). The van der Waals surface area contributed by atoms with Crippen molar-refractivity contribution in [2.75, 3.05) is 12.4 Å². The molecule has 7 nitrogen and oxygen atoms in total. The predicted octanol–water partition coefficient (Wildman–Crippen LogP) is 2.33. The summed E-state index contributed by atoms with van der Waals surface area (Å²) in [5, 5.41) is 16.6. The zero-order chi connectivity index (χ0) is 15.4. The normalized spacial score (nSPS) is 10.2. The van der Waals surface area contributed by atoms with Gasteiger partial charge in [-0.3, -0.25) is 14.9 Å². The van der Waals surface area contributed by atoms with Gasteiger partial charge in [0.2, 0.25) is 0 Å². The van der Waals surface area contributed by atoms with Crippen molar-refractivity contribution in [2.24, 2.45) is 0 Å². The van der Waals surface area contributed by atoms with Gasteiger partial charge in [-0.1, -0.05) is 0 Å². The lowest BCUT2D eigenvalue weighted by molar-refractivity contribution is -0.384. The Hall–Kier alpha value is -2.48. The Morgan fingerprint density at radius 2 is 2.24 bits per heavy atom. The van der Waals surface area contributed by atoms with Crippen LogP contribution in [0.3, 0.4) is 0 Å². The monoisotopic (exact) mass is 306 g/mol. The van der Waals surface area contributed by atoms with Gasteiger partial charge in [-0.25, -0.2) is 4.98 Å². The van der Waals surface area contributed by atoms with E-state index in [1.54, 1.807) is 17.6 Å². The van der Waals surface area contributed by atoms with Crippen LogP contribution in [0.1, 0.15) is 20.9 Å². The highest BCUT2D eigenvalue weighted by Crippen LogP contribution is 2.26. The maximum atomic E-state index is 11.5. The number of carbonyl (C=O) groups excluding carboxylic acids is 1. The van der Waals surface area contributed by atoms with E-state index in [0.717, 1.165) is 10.6 Å². The summed E-state index contributed by atoms with van der Waals surface area (Å²) in [4.78, 5) is 27.3. The minimum Gasteiger partial charge on any atom is -0.375 e. The Labute approximate surface area is 125 Å². The highest BCUT2D eigenvalue weighted by molar-refractivity contribution is 7.09. The first-order valence-electron chi connectivity index (χ1n) is 6.16. The van der Waals surface area contributed by atoms with Gasteiger partial charge in [0, 0.05) is 23.6 Å². The van der Waals surface area contributed by atoms with E-state index < -0.39 is 4.92 Å². The topological polar surface area (TPSA) is 97.2 Å². The maximum Gasteiger partial charge on any atom is 0.293 e. The number of anilines is 1. The van der Waals surface area contributed by atoms with Crippen molar-refractivity contribution in [2.45, 2.75) is 13.5 Å². The van der Waals surface area contributed by atoms with Crippen LogP contribution in [0.5, 0.6) is 0 Å². The molecule has 2 aromatic rings. The SMILES string of the molecule is CNC(=O)c1ccc(NCc2scnc2C)c([N+](=O)[O-])c1. The minimum absolute atomic E-state index is 0.127. The molecule has 1 aromatic heterocycles. The summed E-state index contributed by atoms with van der Waals surface area (Å²) in [6.45, 7) is 2.34. The number of nitro benzene ring substituents is 1. The molecule has 1 amide bonds. The molecule has 110 valence electrons. The lowest BCUT2D eigenvalue weighted by Crippen LogP contribution is -2.18. The fraction of sp³-hybridized carbons (Fsp3) is 0.231. The Morgan fingerprint density at radius 1 is 1.48 bits per heavy atom. The van der Waals surface area contributed by atoms with Crippen LogP contribution in [0.4, 0.5) is 11.4 Å². The summed E-state index contributed by atoms with van der Waals surface area (Å²) in [7, 11) is 1.48. The number of aryl methyl sites for hydroxylation is 1. The maximum absolute atomic E-state index is 11.5. The third-order valence-corrected chi connectivity index (χ3v) is 3.90. The number of carbonyl (C=O) groups is 1. The molecule has 2 N–H and O–H groups in total. The van der Waals surface area contributed by atoms with Crippen LogP contribution >= 0.6 is 11.3 Å². The molecule has 0 aliphatic carbocycles. The highest BCUT2D eigenvalue weighted by atomic mass is 32.1. The van der Waals surface area contributed by atoms with Crippen LogP contribution < -0.4 is 10.6 Å². The number of aromatic nitrogens is 1. The van der Waals surface area contributed by atoms with Gasteiger partial charge in [0.1, 0.15) is 5.69 Å². The number of benzene rings is 1. The lowest BCUT2D eigenvalue weighted by Gasteiger charge is -2.08. The Balaban J connectivity index is 2.24. The first-order valence-corrected chi connectivity index (χ1v) is 7.04. The van der Waals surface area contributed by atoms with Gasteiger partial charge in [-0.05, 0) is 19.1 Å². The van der Waals surface area contributed by atoms with E-state index in [2.05, 4.69) is 15.6 Å². The molecule has 21 heavy (non-hydrogen) atoms. The van der Waals surface area contributed by atoms with Gasteiger partial charge in [0.25, 0.3) is 11.6 Å². The van der Waals surface area contributed by atoms with E-state index in [9.17, 15) is 14.9 Å². The molecule has 8 heteroatoms. The molecule has 0 saturated heterocycles. The first-order chi connectivity index (χ1) is 10.0. The molecule has 1 heterocycles. The number of hydrogen-bond acceptors (Lipinski definition) is 6. The second kappa shape index (κ2) is 6.31. The van der Waals surface area contributed by atoms with Crippen LogP contribution in [0.15, 0.2) is 23.7 Å². The van der Waals surface area contributed by atoms with Gasteiger partial charge in [0.15, 0.2) is 0 Å². The molecule has 0 fully saturated rings. The second-order valence-electron chi connectivity index (χ2n) is 4.28. The average molecular weight is 306 g/mol. The van der Waals surface area contributed by atoms with Crippen molar-refractivity contribution in [3.8, 4) is 0 Å². The molecular formula is C13H14N4O3S. The smallest absolute Gasteiger partial charge is 0.293 e. The summed E-state index contributed by atoms with van der Waals surface area (Å²) in [5.41, 5.74) is 3.13. The van der Waals surface area contributed by atoms with Crippen LogP contribution in [0.2, 0.25) is 0 Å². The third-order valence-electron chi connectivity index (χ3n) is 2.97. The molecule has 0 aliphatic heterocycles. The number of nitrogens with zero attached hydrogens (tertiary/aromatic N) is 2. The van der Waals surface area contributed by atoms with Crippen LogP contribution in [-0.4, -0.2) is 22.9 Å². The number of nitro groups is 1. The van der Waals surface area contributed by atoms with E-state index >= 15 is 0 Å². The molecule has 1 aromatic carbocycles. The largest absolute Gasteiger partial charge is 0.375 e. The number of rotatable bonds is 5. The van der Waals surface area contributed by atoms with E-state index in [1.165, 1.54) is 24.5 Å². The molecule has 0 aliphatic rings. The zero-order valence-corrected chi connectivity index (χ0v) is 12.4. The van der Waals surface area contributed by atoms with E-state index in [4.69, 9.17) is 0 Å². The summed E-state index contributed by atoms with van der Waals surface area (Å²) in [6, 6.07) is 4.35. The number of hydrogen-bond donors (Lipinski definition) is 2. The van der Waals surface area contributed by atoms with Crippen molar-refractivity contribution in [1.82, 2.24) is 10.3 Å². The van der Waals surface area contributed by atoms with Gasteiger partial charge >= 0.3 is 0 Å². The minimum atomic E-state index is -0.506. The molecule has 0 unspecified atom stereocenters. The summed E-state index contributed by atoms with van der Waals surface area (Å²) >= 11 is 1.49. The van der Waals surface area contributed by atoms with Crippen molar-refractivity contribution in [1.29, 1.82) is 0 Å². The summed E-state index contributed by atoms with van der Waals surface area (Å²) < 4.78 is 0. The number of thiazole rings is 1. The molecule has 0 atom stereocenters. The lowest BCUT2D eigenvalue weighted by atomic mass is 10.1. The fourth-order valence-corrected chi connectivity index (χ4v) is 2.51. The second-order valence-corrected chi connectivity index (χ2v) is 5.22.